The first-order valence-corrected chi connectivity index (χ1v) is 8.23. The van der Waals surface area contributed by atoms with E-state index >= 15 is 0 Å². The van der Waals surface area contributed by atoms with Gasteiger partial charge in [0, 0.05) is 17.7 Å². The van der Waals surface area contributed by atoms with Crippen LogP contribution in [0.15, 0.2) is 46.9 Å². The lowest BCUT2D eigenvalue weighted by Gasteiger charge is -2.06. The number of hydrazone groups is 1. The third kappa shape index (κ3) is 5.50. The molecule has 0 fully saturated rings. The first-order chi connectivity index (χ1) is 11.1. The molecule has 2 amide bonds. The van der Waals surface area contributed by atoms with Gasteiger partial charge in [-0.3, -0.25) is 9.59 Å². The minimum absolute atomic E-state index is 0.0531. The number of carbonyl (C=O) groups excluding carboxylic acids is 2. The number of amides is 2. The molecule has 0 aliphatic carbocycles. The number of nitrogens with zero attached hydrogens (tertiary/aromatic N) is 1. The fraction of sp³-hybridized carbons (Fsp3) is 0.188. The minimum atomic E-state index is -0.310. The van der Waals surface area contributed by atoms with E-state index in [-0.39, 0.29) is 24.7 Å². The second-order valence-electron chi connectivity index (χ2n) is 4.74. The monoisotopic (exact) mass is 349 g/mol. The van der Waals surface area contributed by atoms with Crippen molar-refractivity contribution in [3.05, 3.63) is 51.7 Å². The van der Waals surface area contributed by atoms with Crippen LogP contribution in [0.25, 0.3) is 0 Å². The number of carbonyl (C=O) groups is 2. The van der Waals surface area contributed by atoms with Crippen molar-refractivity contribution in [2.24, 2.45) is 5.10 Å². The van der Waals surface area contributed by atoms with E-state index in [4.69, 9.17) is 11.6 Å². The van der Waals surface area contributed by atoms with Crippen LogP contribution in [0.3, 0.4) is 0 Å². The van der Waals surface area contributed by atoms with Gasteiger partial charge in [-0.1, -0.05) is 29.8 Å². The Kier molecular flexibility index (Phi) is 6.31. The van der Waals surface area contributed by atoms with Crippen molar-refractivity contribution in [1.29, 1.82) is 0 Å². The molecule has 2 aromatic rings. The van der Waals surface area contributed by atoms with Crippen LogP contribution in [0, 0.1) is 0 Å². The highest BCUT2D eigenvalue weighted by Gasteiger charge is 2.08. The van der Waals surface area contributed by atoms with Gasteiger partial charge in [-0.2, -0.15) is 5.10 Å². The number of rotatable bonds is 6. The minimum Gasteiger partial charge on any atom is -0.325 e. The fourth-order valence-electron chi connectivity index (χ4n) is 1.74. The predicted molar refractivity (Wildman–Crippen MR) is 94.0 cm³/mol. The lowest BCUT2D eigenvalue weighted by Crippen LogP contribution is -2.21. The van der Waals surface area contributed by atoms with Gasteiger partial charge in [0.25, 0.3) is 0 Å². The van der Waals surface area contributed by atoms with Gasteiger partial charge in [0.05, 0.1) is 16.4 Å². The molecule has 0 bridgehead atoms. The molecular formula is C16H16ClN3O2S. The average molecular weight is 350 g/mol. The van der Waals surface area contributed by atoms with Crippen LogP contribution in [-0.2, 0) is 9.59 Å². The summed E-state index contributed by atoms with van der Waals surface area (Å²) in [6, 6.07) is 10.8. The van der Waals surface area contributed by atoms with E-state index in [1.807, 2.05) is 24.4 Å². The molecule has 1 aromatic heterocycles. The van der Waals surface area contributed by atoms with E-state index < -0.39 is 0 Å². The molecule has 1 aromatic carbocycles. The molecule has 120 valence electrons. The van der Waals surface area contributed by atoms with Crippen LogP contribution in [0.4, 0.5) is 5.69 Å². The number of hydrogen-bond donors (Lipinski definition) is 2. The van der Waals surface area contributed by atoms with Gasteiger partial charge in [-0.25, -0.2) is 5.43 Å². The molecule has 7 heteroatoms. The van der Waals surface area contributed by atoms with Crippen molar-refractivity contribution in [3.63, 3.8) is 0 Å². The number of halogens is 1. The van der Waals surface area contributed by atoms with E-state index in [0.29, 0.717) is 10.7 Å². The Morgan fingerprint density at radius 3 is 2.57 bits per heavy atom. The lowest BCUT2D eigenvalue weighted by atomic mass is 10.2. The Morgan fingerprint density at radius 2 is 1.87 bits per heavy atom. The van der Waals surface area contributed by atoms with Crippen LogP contribution in [0.2, 0.25) is 5.02 Å². The summed E-state index contributed by atoms with van der Waals surface area (Å²) in [6.07, 6.45) is 0.113. The third-order valence-electron chi connectivity index (χ3n) is 2.95. The number of thiophene rings is 1. The summed E-state index contributed by atoms with van der Waals surface area (Å²) >= 11 is 7.50. The number of anilines is 1. The summed E-state index contributed by atoms with van der Waals surface area (Å²) in [7, 11) is 0. The number of nitrogens with one attached hydrogen (secondary N) is 2. The van der Waals surface area contributed by atoms with E-state index in [1.165, 1.54) is 0 Å². The summed E-state index contributed by atoms with van der Waals surface area (Å²) in [6.45, 7) is 1.82. The quantitative estimate of drug-likeness (QED) is 0.617. The first-order valence-electron chi connectivity index (χ1n) is 6.97. The van der Waals surface area contributed by atoms with Gasteiger partial charge >= 0.3 is 0 Å². The Labute approximate surface area is 143 Å². The molecule has 0 spiro atoms. The Morgan fingerprint density at radius 1 is 1.13 bits per heavy atom. The highest BCUT2D eigenvalue weighted by atomic mass is 35.5. The van der Waals surface area contributed by atoms with E-state index in [9.17, 15) is 9.59 Å². The van der Waals surface area contributed by atoms with Gasteiger partial charge in [-0.05, 0) is 30.5 Å². The summed E-state index contributed by atoms with van der Waals surface area (Å²) in [5.41, 5.74) is 3.71. The molecule has 0 saturated heterocycles. The number of benzene rings is 1. The highest BCUT2D eigenvalue weighted by molar-refractivity contribution is 7.12. The largest absolute Gasteiger partial charge is 0.325 e. The zero-order valence-electron chi connectivity index (χ0n) is 12.5. The Bertz CT molecular complexity index is 714. The highest BCUT2D eigenvalue weighted by Crippen LogP contribution is 2.20. The van der Waals surface area contributed by atoms with E-state index in [2.05, 4.69) is 15.8 Å². The molecule has 23 heavy (non-hydrogen) atoms. The van der Waals surface area contributed by atoms with Crippen LogP contribution in [0.1, 0.15) is 24.6 Å². The molecule has 2 N–H and O–H groups in total. The molecule has 2 rings (SSSR count). The maximum Gasteiger partial charge on any atom is 0.240 e. The zero-order valence-corrected chi connectivity index (χ0v) is 14.1. The second kappa shape index (κ2) is 8.45. The normalized spacial score (nSPS) is 11.1. The Balaban J connectivity index is 1.77. The van der Waals surface area contributed by atoms with Gasteiger partial charge in [-0.15, -0.1) is 11.3 Å². The Hall–Kier alpha value is -2.18. The van der Waals surface area contributed by atoms with Gasteiger partial charge in [0.2, 0.25) is 11.8 Å². The predicted octanol–water partition coefficient (Wildman–Crippen LogP) is 3.66. The summed E-state index contributed by atoms with van der Waals surface area (Å²) in [5.74, 6) is -0.581. The summed E-state index contributed by atoms with van der Waals surface area (Å²) in [4.78, 5) is 24.5. The topological polar surface area (TPSA) is 70.6 Å². The molecule has 0 saturated carbocycles. The first kappa shape index (κ1) is 17.2. The van der Waals surface area contributed by atoms with Crippen LogP contribution in [-0.4, -0.2) is 17.5 Å². The molecule has 0 unspecified atom stereocenters. The number of hydrogen-bond acceptors (Lipinski definition) is 4. The summed E-state index contributed by atoms with van der Waals surface area (Å²) in [5, 5.41) is 9.08. The molecule has 1 heterocycles. The second-order valence-corrected chi connectivity index (χ2v) is 6.09. The maximum atomic E-state index is 11.8. The fourth-order valence-corrected chi connectivity index (χ4v) is 2.60. The SMILES string of the molecule is CC(=NNC(=O)CCC(=O)Nc1ccccc1Cl)c1cccs1. The van der Waals surface area contributed by atoms with Crippen LogP contribution < -0.4 is 10.7 Å². The van der Waals surface area contributed by atoms with E-state index in [0.717, 1.165) is 10.6 Å². The molecule has 0 aliphatic heterocycles. The van der Waals surface area contributed by atoms with Gasteiger partial charge < -0.3 is 5.32 Å². The molecule has 5 nitrogen and oxygen atoms in total. The molecule has 0 radical (unpaired) electrons. The van der Waals surface area contributed by atoms with Crippen molar-refractivity contribution in [2.45, 2.75) is 19.8 Å². The van der Waals surface area contributed by atoms with Crippen molar-refractivity contribution >= 4 is 46.2 Å². The lowest BCUT2D eigenvalue weighted by molar-refractivity contribution is -0.124. The van der Waals surface area contributed by atoms with E-state index in [1.54, 1.807) is 35.6 Å². The van der Waals surface area contributed by atoms with Gasteiger partial charge in [0.15, 0.2) is 0 Å². The maximum absolute atomic E-state index is 11.8. The van der Waals surface area contributed by atoms with Crippen LogP contribution in [0.5, 0.6) is 0 Å². The number of para-hydroxylation sites is 1. The van der Waals surface area contributed by atoms with Crippen molar-refractivity contribution in [3.8, 4) is 0 Å². The summed E-state index contributed by atoms with van der Waals surface area (Å²) < 4.78 is 0. The average Bonchev–Trinajstić information content (AvgIpc) is 3.07. The molecular weight excluding hydrogens is 334 g/mol. The third-order valence-corrected chi connectivity index (χ3v) is 4.26. The smallest absolute Gasteiger partial charge is 0.240 e. The van der Waals surface area contributed by atoms with Gasteiger partial charge in [0.1, 0.15) is 0 Å². The standard InChI is InChI=1S/C16H16ClN3O2S/c1-11(14-7-4-10-23-14)19-20-16(22)9-8-15(21)18-13-6-3-2-5-12(13)17/h2-7,10H,8-9H2,1H3,(H,18,21)(H,20,22). The molecule has 0 atom stereocenters. The van der Waals surface area contributed by atoms with Crippen molar-refractivity contribution in [2.75, 3.05) is 5.32 Å². The van der Waals surface area contributed by atoms with Crippen molar-refractivity contribution < 1.29 is 9.59 Å². The van der Waals surface area contributed by atoms with Crippen molar-refractivity contribution in [1.82, 2.24) is 5.43 Å². The van der Waals surface area contributed by atoms with Crippen LogP contribution >= 0.6 is 22.9 Å². The molecule has 0 aliphatic rings. The zero-order chi connectivity index (χ0) is 16.7.